The average molecular weight is 236 g/mol. The van der Waals surface area contributed by atoms with E-state index in [1.807, 2.05) is 6.07 Å². The van der Waals surface area contributed by atoms with Gasteiger partial charge in [-0.3, -0.25) is 0 Å². The number of carboxylic acid groups (broad SMARTS) is 1. The number of aryl methyl sites for hydroxylation is 1. The van der Waals surface area contributed by atoms with Gasteiger partial charge in [0.15, 0.2) is 0 Å². The molecule has 2 heterocycles. The van der Waals surface area contributed by atoms with Gasteiger partial charge in [0.1, 0.15) is 17.6 Å². The van der Waals surface area contributed by atoms with E-state index in [4.69, 9.17) is 13.9 Å². The van der Waals surface area contributed by atoms with Crippen LogP contribution in [0, 0.1) is 0 Å². The second-order valence-electron chi connectivity index (χ2n) is 3.64. The Bertz CT molecular complexity index is 483. The molecule has 2 rings (SSSR count). The topological polar surface area (TPSA) is 83.8 Å². The van der Waals surface area contributed by atoms with E-state index in [-0.39, 0.29) is 11.5 Å². The number of aromatic carboxylic acids is 1. The quantitative estimate of drug-likeness (QED) is 0.831. The molecule has 1 unspecified atom stereocenters. The Labute approximate surface area is 97.3 Å². The van der Waals surface area contributed by atoms with E-state index < -0.39 is 12.1 Å². The molecule has 2 aromatic heterocycles. The first-order chi connectivity index (χ1) is 8.16. The van der Waals surface area contributed by atoms with Gasteiger partial charge in [-0.1, -0.05) is 0 Å². The van der Waals surface area contributed by atoms with Crippen molar-refractivity contribution >= 4 is 5.97 Å². The standard InChI is InChI=1S/C12H12O5/c13-9(4-3-8-2-1-7-16-8)10-5-6-11(17-10)12(14)15/h1-2,5-7,9,13H,3-4H2,(H,14,15). The Balaban J connectivity index is 1.94. The number of carbonyl (C=O) groups is 1. The normalized spacial score (nSPS) is 12.5. The van der Waals surface area contributed by atoms with Crippen LogP contribution in [0.25, 0.3) is 0 Å². The lowest BCUT2D eigenvalue weighted by molar-refractivity contribution is 0.0649. The molecular weight excluding hydrogens is 224 g/mol. The molecule has 0 aliphatic rings. The first kappa shape index (κ1) is 11.5. The molecule has 0 bridgehead atoms. The van der Waals surface area contributed by atoms with Crippen LogP contribution in [0.3, 0.4) is 0 Å². The molecule has 0 fully saturated rings. The van der Waals surface area contributed by atoms with E-state index in [9.17, 15) is 9.90 Å². The van der Waals surface area contributed by atoms with Crippen molar-refractivity contribution < 1.29 is 23.8 Å². The van der Waals surface area contributed by atoms with Crippen LogP contribution >= 0.6 is 0 Å². The number of furan rings is 2. The van der Waals surface area contributed by atoms with Crippen molar-refractivity contribution in [3.8, 4) is 0 Å². The summed E-state index contributed by atoms with van der Waals surface area (Å²) in [5, 5.41) is 18.5. The molecule has 90 valence electrons. The van der Waals surface area contributed by atoms with E-state index in [1.54, 1.807) is 12.3 Å². The second kappa shape index (κ2) is 4.88. The number of carboxylic acids is 1. The minimum atomic E-state index is -1.14. The number of hydrogen-bond donors (Lipinski definition) is 2. The van der Waals surface area contributed by atoms with Gasteiger partial charge in [0.2, 0.25) is 5.76 Å². The second-order valence-corrected chi connectivity index (χ2v) is 3.64. The van der Waals surface area contributed by atoms with Gasteiger partial charge in [-0.2, -0.15) is 0 Å². The highest BCUT2D eigenvalue weighted by Gasteiger charge is 2.15. The molecule has 2 aromatic rings. The predicted octanol–water partition coefficient (Wildman–Crippen LogP) is 2.24. The van der Waals surface area contributed by atoms with E-state index >= 15 is 0 Å². The molecular formula is C12H12O5. The van der Waals surface area contributed by atoms with Crippen LogP contribution in [0.1, 0.15) is 34.6 Å². The minimum absolute atomic E-state index is 0.169. The van der Waals surface area contributed by atoms with E-state index in [1.165, 1.54) is 12.1 Å². The van der Waals surface area contributed by atoms with Gasteiger partial charge in [0.05, 0.1) is 6.26 Å². The summed E-state index contributed by atoms with van der Waals surface area (Å²) < 4.78 is 10.1. The van der Waals surface area contributed by atoms with Crippen LogP contribution in [-0.4, -0.2) is 16.2 Å². The summed E-state index contributed by atoms with van der Waals surface area (Å²) in [6.45, 7) is 0. The smallest absolute Gasteiger partial charge is 0.371 e. The van der Waals surface area contributed by atoms with Gasteiger partial charge < -0.3 is 19.0 Å². The third-order valence-electron chi connectivity index (χ3n) is 2.41. The molecule has 5 heteroatoms. The zero-order valence-corrected chi connectivity index (χ0v) is 9.00. The van der Waals surface area contributed by atoms with Crippen molar-refractivity contribution in [2.45, 2.75) is 18.9 Å². The Morgan fingerprint density at radius 2 is 2.18 bits per heavy atom. The molecule has 5 nitrogen and oxygen atoms in total. The van der Waals surface area contributed by atoms with Gasteiger partial charge in [0, 0.05) is 6.42 Å². The van der Waals surface area contributed by atoms with Crippen molar-refractivity contribution in [2.24, 2.45) is 0 Å². The Kier molecular flexibility index (Phi) is 3.30. The molecule has 0 saturated carbocycles. The van der Waals surface area contributed by atoms with Crippen LogP contribution in [-0.2, 0) is 6.42 Å². The van der Waals surface area contributed by atoms with Gasteiger partial charge in [-0.05, 0) is 30.7 Å². The number of aliphatic hydroxyl groups excluding tert-OH is 1. The summed E-state index contributed by atoms with van der Waals surface area (Å²) in [6.07, 6.45) is 1.72. The fourth-order valence-corrected chi connectivity index (χ4v) is 1.52. The lowest BCUT2D eigenvalue weighted by atomic mass is 10.1. The lowest BCUT2D eigenvalue weighted by Crippen LogP contribution is -1.98. The molecule has 0 aliphatic carbocycles. The maximum Gasteiger partial charge on any atom is 0.371 e. The summed E-state index contributed by atoms with van der Waals surface area (Å²) in [7, 11) is 0. The fraction of sp³-hybridized carbons (Fsp3) is 0.250. The van der Waals surface area contributed by atoms with Crippen LogP contribution in [0.5, 0.6) is 0 Å². The molecule has 17 heavy (non-hydrogen) atoms. The zero-order valence-electron chi connectivity index (χ0n) is 9.00. The van der Waals surface area contributed by atoms with E-state index in [0.717, 1.165) is 5.76 Å². The Morgan fingerprint density at radius 3 is 2.76 bits per heavy atom. The van der Waals surface area contributed by atoms with Gasteiger partial charge >= 0.3 is 5.97 Å². The van der Waals surface area contributed by atoms with Crippen molar-refractivity contribution in [2.75, 3.05) is 0 Å². The van der Waals surface area contributed by atoms with Crippen molar-refractivity contribution in [1.82, 2.24) is 0 Å². The highest BCUT2D eigenvalue weighted by atomic mass is 16.4. The maximum absolute atomic E-state index is 10.6. The molecule has 0 spiro atoms. The molecule has 0 radical (unpaired) electrons. The Hall–Kier alpha value is -2.01. The third kappa shape index (κ3) is 2.76. The first-order valence-corrected chi connectivity index (χ1v) is 5.20. The van der Waals surface area contributed by atoms with Crippen LogP contribution in [0.4, 0.5) is 0 Å². The van der Waals surface area contributed by atoms with Gasteiger partial charge in [0.25, 0.3) is 0 Å². The summed E-state index contributed by atoms with van der Waals surface area (Å²) in [5.41, 5.74) is 0. The van der Waals surface area contributed by atoms with Crippen molar-refractivity contribution in [3.63, 3.8) is 0 Å². The molecule has 2 N–H and O–H groups in total. The fourth-order valence-electron chi connectivity index (χ4n) is 1.52. The predicted molar refractivity (Wildman–Crippen MR) is 57.7 cm³/mol. The molecule has 0 amide bonds. The van der Waals surface area contributed by atoms with Crippen LogP contribution in [0.2, 0.25) is 0 Å². The summed E-state index contributed by atoms with van der Waals surface area (Å²) >= 11 is 0. The van der Waals surface area contributed by atoms with Crippen LogP contribution in [0.15, 0.2) is 39.4 Å². The van der Waals surface area contributed by atoms with Crippen molar-refractivity contribution in [3.05, 3.63) is 47.8 Å². The zero-order chi connectivity index (χ0) is 12.3. The third-order valence-corrected chi connectivity index (χ3v) is 2.41. The highest BCUT2D eigenvalue weighted by molar-refractivity contribution is 5.84. The Morgan fingerprint density at radius 1 is 1.35 bits per heavy atom. The number of hydrogen-bond acceptors (Lipinski definition) is 4. The average Bonchev–Trinajstić information content (AvgIpc) is 2.96. The van der Waals surface area contributed by atoms with Gasteiger partial charge in [-0.25, -0.2) is 4.79 Å². The highest BCUT2D eigenvalue weighted by Crippen LogP contribution is 2.21. The van der Waals surface area contributed by atoms with Crippen LogP contribution < -0.4 is 0 Å². The number of rotatable bonds is 5. The molecule has 0 saturated heterocycles. The monoisotopic (exact) mass is 236 g/mol. The van der Waals surface area contributed by atoms with Gasteiger partial charge in [-0.15, -0.1) is 0 Å². The summed E-state index contributed by atoms with van der Waals surface area (Å²) in [6, 6.07) is 6.39. The minimum Gasteiger partial charge on any atom is -0.475 e. The number of aliphatic hydroxyl groups is 1. The SMILES string of the molecule is O=C(O)c1ccc(C(O)CCc2ccco2)o1. The first-order valence-electron chi connectivity index (χ1n) is 5.20. The molecule has 0 aromatic carbocycles. The summed E-state index contributed by atoms with van der Waals surface area (Å²) in [5.74, 6) is -0.283. The molecule has 0 aliphatic heterocycles. The lowest BCUT2D eigenvalue weighted by Gasteiger charge is -2.05. The van der Waals surface area contributed by atoms with E-state index in [0.29, 0.717) is 12.8 Å². The maximum atomic E-state index is 10.6. The molecule has 1 atom stereocenters. The largest absolute Gasteiger partial charge is 0.475 e. The van der Waals surface area contributed by atoms with E-state index in [2.05, 4.69) is 0 Å². The summed E-state index contributed by atoms with van der Waals surface area (Å²) in [4.78, 5) is 10.6. The van der Waals surface area contributed by atoms with Crippen molar-refractivity contribution in [1.29, 1.82) is 0 Å².